The fraction of sp³-hybridized carbons (Fsp3) is 0.167. The van der Waals surface area contributed by atoms with Crippen LogP contribution in [0, 0.1) is 0 Å². The van der Waals surface area contributed by atoms with Crippen molar-refractivity contribution in [2.75, 3.05) is 18.3 Å². The third kappa shape index (κ3) is 4.52. The summed E-state index contributed by atoms with van der Waals surface area (Å²) in [6.45, 7) is 1.74. The summed E-state index contributed by atoms with van der Waals surface area (Å²) in [6.07, 6.45) is 0. The van der Waals surface area contributed by atoms with E-state index in [1.807, 2.05) is 24.3 Å². The van der Waals surface area contributed by atoms with Crippen LogP contribution >= 0.6 is 35.0 Å². The number of nitrogens with zero attached hydrogens (tertiary/aromatic N) is 3. The minimum atomic E-state index is -0.484. The largest absolute Gasteiger partial charge is 0.497 e. The summed E-state index contributed by atoms with van der Waals surface area (Å²) in [7, 11) is 1.60. The Kier molecular flexibility index (Phi) is 6.33. The third-order valence-electron chi connectivity index (χ3n) is 3.85. The summed E-state index contributed by atoms with van der Waals surface area (Å²) < 4.78 is 6.50. The number of anilines is 1. The Morgan fingerprint density at radius 1 is 1.21 bits per heavy atom. The zero-order chi connectivity index (χ0) is 20.3. The molecule has 7 nitrogen and oxygen atoms in total. The number of rotatable bonds is 6. The maximum absolute atomic E-state index is 12.5. The number of thioether (sulfide) groups is 1. The lowest BCUT2D eigenvalue weighted by Crippen LogP contribution is -2.23. The average Bonchev–Trinajstić information content (AvgIpc) is 3.04. The molecule has 28 heavy (non-hydrogen) atoms. The molecule has 0 radical (unpaired) electrons. The van der Waals surface area contributed by atoms with Gasteiger partial charge in [-0.2, -0.15) is 0 Å². The maximum atomic E-state index is 12.5. The van der Waals surface area contributed by atoms with E-state index in [2.05, 4.69) is 15.5 Å². The summed E-state index contributed by atoms with van der Waals surface area (Å²) in [4.78, 5) is 12.5. The lowest BCUT2D eigenvalue weighted by molar-refractivity contribution is -0.115. The van der Waals surface area contributed by atoms with Crippen molar-refractivity contribution < 1.29 is 9.53 Å². The van der Waals surface area contributed by atoms with E-state index in [1.165, 1.54) is 16.4 Å². The van der Waals surface area contributed by atoms with Crippen molar-refractivity contribution in [3.63, 3.8) is 0 Å². The molecule has 3 N–H and O–H groups in total. The molecule has 10 heteroatoms. The minimum absolute atomic E-state index is 0.247. The van der Waals surface area contributed by atoms with Gasteiger partial charge in [-0.15, -0.1) is 10.2 Å². The second-order valence-corrected chi connectivity index (χ2v) is 7.93. The van der Waals surface area contributed by atoms with Gasteiger partial charge in [0.05, 0.1) is 23.1 Å². The van der Waals surface area contributed by atoms with Gasteiger partial charge >= 0.3 is 0 Å². The van der Waals surface area contributed by atoms with Gasteiger partial charge in [-0.3, -0.25) is 4.79 Å². The molecular formula is C18H17Cl2N5O2S. The highest BCUT2D eigenvalue weighted by Crippen LogP contribution is 2.29. The van der Waals surface area contributed by atoms with Crippen molar-refractivity contribution in [3.05, 3.63) is 52.5 Å². The number of amides is 1. The van der Waals surface area contributed by atoms with Crippen LogP contribution in [0.3, 0.4) is 0 Å². The monoisotopic (exact) mass is 437 g/mol. The van der Waals surface area contributed by atoms with Crippen molar-refractivity contribution in [1.29, 1.82) is 0 Å². The van der Waals surface area contributed by atoms with Gasteiger partial charge in [0, 0.05) is 10.6 Å². The van der Waals surface area contributed by atoms with Crippen LogP contribution in [0.1, 0.15) is 6.92 Å². The van der Waals surface area contributed by atoms with Crippen LogP contribution in [0.25, 0.3) is 11.4 Å². The number of hydrogen-bond donors (Lipinski definition) is 2. The van der Waals surface area contributed by atoms with Gasteiger partial charge in [0.2, 0.25) is 11.1 Å². The van der Waals surface area contributed by atoms with Gasteiger partial charge in [0.15, 0.2) is 5.82 Å². The average molecular weight is 438 g/mol. The van der Waals surface area contributed by atoms with Crippen molar-refractivity contribution >= 4 is 46.6 Å². The number of nitrogens with one attached hydrogen (secondary N) is 1. The van der Waals surface area contributed by atoms with Crippen LogP contribution in [0.2, 0.25) is 10.0 Å². The highest BCUT2D eigenvalue weighted by molar-refractivity contribution is 8.00. The zero-order valence-electron chi connectivity index (χ0n) is 15.0. The second-order valence-electron chi connectivity index (χ2n) is 5.78. The summed E-state index contributed by atoms with van der Waals surface area (Å²) in [5.41, 5.74) is 1.27. The lowest BCUT2D eigenvalue weighted by Gasteiger charge is -2.12. The van der Waals surface area contributed by atoms with Crippen molar-refractivity contribution in [2.45, 2.75) is 17.3 Å². The summed E-state index contributed by atoms with van der Waals surface area (Å²) in [5.74, 6) is 7.09. The molecule has 0 fully saturated rings. The number of ether oxygens (including phenoxy) is 1. The van der Waals surface area contributed by atoms with Crippen molar-refractivity contribution in [1.82, 2.24) is 14.9 Å². The molecule has 0 aliphatic carbocycles. The Labute approximate surface area is 176 Å². The summed E-state index contributed by atoms with van der Waals surface area (Å²) >= 11 is 13.2. The van der Waals surface area contributed by atoms with Gasteiger partial charge in [0.25, 0.3) is 0 Å². The first-order valence-corrected chi connectivity index (χ1v) is 9.80. The van der Waals surface area contributed by atoms with Gasteiger partial charge in [-0.25, -0.2) is 4.68 Å². The van der Waals surface area contributed by atoms with E-state index in [1.54, 1.807) is 32.2 Å². The smallest absolute Gasteiger partial charge is 0.237 e. The zero-order valence-corrected chi connectivity index (χ0v) is 17.3. The van der Waals surface area contributed by atoms with Gasteiger partial charge in [-0.05, 0) is 49.4 Å². The van der Waals surface area contributed by atoms with E-state index < -0.39 is 5.25 Å². The predicted octanol–water partition coefficient (Wildman–Crippen LogP) is 4.09. The topological polar surface area (TPSA) is 95.1 Å². The Hall–Kier alpha value is -2.42. The second kappa shape index (κ2) is 8.72. The molecule has 0 spiro atoms. The van der Waals surface area contributed by atoms with E-state index in [9.17, 15) is 4.79 Å². The normalized spacial score (nSPS) is 11.9. The fourth-order valence-corrected chi connectivity index (χ4v) is 3.56. The van der Waals surface area contributed by atoms with E-state index in [0.29, 0.717) is 26.7 Å². The highest BCUT2D eigenvalue weighted by atomic mass is 35.5. The molecular weight excluding hydrogens is 421 g/mol. The molecule has 3 rings (SSSR count). The molecule has 146 valence electrons. The number of benzene rings is 2. The number of hydrogen-bond acceptors (Lipinski definition) is 6. The molecule has 1 heterocycles. The highest BCUT2D eigenvalue weighted by Gasteiger charge is 2.20. The molecule has 0 saturated heterocycles. The number of carbonyl (C=O) groups is 1. The Balaban J connectivity index is 1.70. The molecule has 1 aromatic heterocycles. The quantitative estimate of drug-likeness (QED) is 0.445. The Morgan fingerprint density at radius 3 is 2.57 bits per heavy atom. The first-order valence-electron chi connectivity index (χ1n) is 8.16. The van der Waals surface area contributed by atoms with Crippen molar-refractivity contribution in [3.8, 4) is 17.1 Å². The van der Waals surface area contributed by atoms with Crippen LogP contribution < -0.4 is 15.9 Å². The number of methoxy groups -OCH3 is 1. The van der Waals surface area contributed by atoms with Crippen molar-refractivity contribution in [2.24, 2.45) is 0 Å². The number of aromatic nitrogens is 3. The van der Waals surface area contributed by atoms with Crippen LogP contribution in [0.15, 0.2) is 47.6 Å². The predicted molar refractivity (Wildman–Crippen MR) is 113 cm³/mol. The molecule has 1 unspecified atom stereocenters. The van der Waals surface area contributed by atoms with E-state index in [-0.39, 0.29) is 5.91 Å². The Morgan fingerprint density at radius 2 is 1.93 bits per heavy atom. The van der Waals surface area contributed by atoms with Crippen LogP contribution in [-0.4, -0.2) is 33.1 Å². The van der Waals surface area contributed by atoms with Crippen LogP contribution in [-0.2, 0) is 4.79 Å². The molecule has 3 aromatic rings. The van der Waals surface area contributed by atoms with Crippen LogP contribution in [0.4, 0.5) is 5.69 Å². The Bertz CT molecular complexity index is 994. The molecule has 1 atom stereocenters. The molecule has 0 aliphatic rings. The molecule has 1 amide bonds. The molecule has 2 aromatic carbocycles. The standard InChI is InChI=1S/C18H17Cl2N5O2S/c1-10(17(26)22-15-8-5-12(19)9-14(15)20)28-18-24-23-16(25(18)21)11-3-6-13(27-2)7-4-11/h3-10H,21H2,1-2H3,(H,22,26). The molecule has 0 aliphatic heterocycles. The van der Waals surface area contributed by atoms with Gasteiger partial charge in [-0.1, -0.05) is 35.0 Å². The maximum Gasteiger partial charge on any atom is 0.237 e. The summed E-state index contributed by atoms with van der Waals surface area (Å²) in [6, 6.07) is 12.1. The lowest BCUT2D eigenvalue weighted by atomic mass is 10.2. The molecule has 0 bridgehead atoms. The number of carbonyl (C=O) groups excluding carboxylic acids is 1. The van der Waals surface area contributed by atoms with E-state index in [4.69, 9.17) is 33.8 Å². The van der Waals surface area contributed by atoms with E-state index >= 15 is 0 Å². The first-order chi connectivity index (χ1) is 13.4. The SMILES string of the molecule is COc1ccc(-c2nnc(SC(C)C(=O)Nc3ccc(Cl)cc3Cl)n2N)cc1. The number of halogens is 2. The minimum Gasteiger partial charge on any atom is -0.497 e. The first kappa shape index (κ1) is 20.3. The van der Waals surface area contributed by atoms with Gasteiger partial charge in [0.1, 0.15) is 5.75 Å². The number of nitrogens with two attached hydrogens (primary N) is 1. The number of nitrogen functional groups attached to an aromatic ring is 1. The van der Waals surface area contributed by atoms with Crippen LogP contribution in [0.5, 0.6) is 5.75 Å². The summed E-state index contributed by atoms with van der Waals surface area (Å²) in [5, 5.41) is 11.8. The third-order valence-corrected chi connectivity index (χ3v) is 5.46. The van der Waals surface area contributed by atoms with Gasteiger partial charge < -0.3 is 15.9 Å². The fourth-order valence-electron chi connectivity index (χ4n) is 2.33. The van der Waals surface area contributed by atoms with E-state index in [0.717, 1.165) is 11.3 Å². The molecule has 0 saturated carbocycles.